The van der Waals surface area contributed by atoms with Gasteiger partial charge in [0.15, 0.2) is 0 Å². The monoisotopic (exact) mass is 285 g/mol. The van der Waals surface area contributed by atoms with Gasteiger partial charge in [-0.3, -0.25) is 9.48 Å². The molecule has 0 saturated carbocycles. The Balaban J connectivity index is 2.06. The molecule has 2 rings (SSSR count). The molecule has 0 radical (unpaired) electrons. The maximum absolute atomic E-state index is 12.3. The average molecular weight is 285 g/mol. The summed E-state index contributed by atoms with van der Waals surface area (Å²) in [6.45, 7) is 6.12. The van der Waals surface area contributed by atoms with Crippen molar-refractivity contribution in [3.63, 3.8) is 0 Å². The molecule has 1 aromatic carbocycles. The van der Waals surface area contributed by atoms with Gasteiger partial charge in [0.25, 0.3) is 0 Å². The highest BCUT2D eigenvalue weighted by atomic mass is 16.1. The Kier molecular flexibility index (Phi) is 4.78. The summed E-state index contributed by atoms with van der Waals surface area (Å²) in [6.07, 6.45) is 1.33. The Labute approximate surface area is 126 Å². The predicted octanol–water partition coefficient (Wildman–Crippen LogP) is 3.42. The average Bonchev–Trinajstić information content (AvgIpc) is 2.73. The number of amides is 1. The van der Waals surface area contributed by atoms with Crippen molar-refractivity contribution in [2.75, 3.05) is 5.32 Å². The number of hydrogen-bond donors (Lipinski definition) is 1. The Bertz CT molecular complexity index is 616. The van der Waals surface area contributed by atoms with Crippen LogP contribution in [-0.2, 0) is 18.3 Å². The topological polar surface area (TPSA) is 46.9 Å². The van der Waals surface area contributed by atoms with Gasteiger partial charge >= 0.3 is 0 Å². The number of aryl methyl sites for hydroxylation is 2. The van der Waals surface area contributed by atoms with Gasteiger partial charge in [-0.15, -0.1) is 0 Å². The zero-order valence-electron chi connectivity index (χ0n) is 13.2. The minimum atomic E-state index is 0.0315. The molecular formula is C17H23N3O. The number of aromatic nitrogens is 2. The fourth-order valence-electron chi connectivity index (χ4n) is 2.64. The molecule has 0 aliphatic rings. The predicted molar refractivity (Wildman–Crippen MR) is 85.4 cm³/mol. The first-order valence-electron chi connectivity index (χ1n) is 7.40. The number of nitrogens with one attached hydrogen (secondary N) is 1. The van der Waals surface area contributed by atoms with Crippen LogP contribution in [0, 0.1) is 6.92 Å². The van der Waals surface area contributed by atoms with Crippen molar-refractivity contribution in [2.45, 2.75) is 39.5 Å². The summed E-state index contributed by atoms with van der Waals surface area (Å²) in [7, 11) is 1.86. The van der Waals surface area contributed by atoms with Crippen LogP contribution in [0.25, 0.3) is 0 Å². The summed E-state index contributed by atoms with van der Waals surface area (Å²) in [5, 5.41) is 7.39. The van der Waals surface area contributed by atoms with E-state index < -0.39 is 0 Å². The number of carbonyl (C=O) groups excluding carboxylic acids is 1. The molecule has 1 N–H and O–H groups in total. The highest BCUT2D eigenvalue weighted by molar-refractivity contribution is 5.91. The molecule has 1 unspecified atom stereocenters. The quantitative estimate of drug-likeness (QED) is 0.915. The third kappa shape index (κ3) is 3.51. The first-order valence-corrected chi connectivity index (χ1v) is 7.40. The van der Waals surface area contributed by atoms with Gasteiger partial charge < -0.3 is 5.32 Å². The maximum Gasteiger partial charge on any atom is 0.226 e. The van der Waals surface area contributed by atoms with Crippen LogP contribution in [0.3, 0.4) is 0 Å². The van der Waals surface area contributed by atoms with E-state index in [1.165, 1.54) is 5.56 Å². The Morgan fingerprint density at radius 3 is 2.62 bits per heavy atom. The van der Waals surface area contributed by atoms with E-state index in [0.717, 1.165) is 23.5 Å². The van der Waals surface area contributed by atoms with Gasteiger partial charge in [0, 0.05) is 19.0 Å². The third-order valence-corrected chi connectivity index (χ3v) is 3.82. The lowest BCUT2D eigenvalue weighted by molar-refractivity contribution is -0.116. The van der Waals surface area contributed by atoms with E-state index in [1.54, 1.807) is 4.68 Å². The summed E-state index contributed by atoms with van der Waals surface area (Å²) >= 11 is 0. The van der Waals surface area contributed by atoms with E-state index in [4.69, 9.17) is 0 Å². The highest BCUT2D eigenvalue weighted by Crippen LogP contribution is 2.22. The second-order valence-electron chi connectivity index (χ2n) is 5.45. The standard InChI is InChI=1S/C17H23N3O/c1-5-15-13(3)19-20(4)17(15)18-16(21)11-12(2)14-9-7-6-8-10-14/h6-10,12H,5,11H2,1-4H3,(H,18,21). The molecule has 4 heteroatoms. The first kappa shape index (κ1) is 15.3. The number of carbonyl (C=O) groups is 1. The number of anilines is 1. The molecule has 1 amide bonds. The summed E-state index contributed by atoms with van der Waals surface area (Å²) in [6, 6.07) is 10.1. The van der Waals surface area contributed by atoms with Crippen LogP contribution in [0.4, 0.5) is 5.82 Å². The largest absolute Gasteiger partial charge is 0.311 e. The maximum atomic E-state index is 12.3. The summed E-state index contributed by atoms with van der Waals surface area (Å²) < 4.78 is 1.75. The second-order valence-corrected chi connectivity index (χ2v) is 5.45. The second kappa shape index (κ2) is 6.57. The molecular weight excluding hydrogens is 262 g/mol. The van der Waals surface area contributed by atoms with E-state index in [2.05, 4.69) is 36.4 Å². The van der Waals surface area contributed by atoms with Gasteiger partial charge in [-0.05, 0) is 24.8 Å². The van der Waals surface area contributed by atoms with Crippen LogP contribution in [0.15, 0.2) is 30.3 Å². The van der Waals surface area contributed by atoms with Crippen LogP contribution in [0.1, 0.15) is 43.0 Å². The number of rotatable bonds is 5. The lowest BCUT2D eigenvalue weighted by atomic mass is 9.97. The molecule has 0 aliphatic carbocycles. The van der Waals surface area contributed by atoms with Crippen molar-refractivity contribution in [3.8, 4) is 0 Å². The molecule has 21 heavy (non-hydrogen) atoms. The molecule has 1 aromatic heterocycles. The third-order valence-electron chi connectivity index (χ3n) is 3.82. The van der Waals surface area contributed by atoms with Crippen molar-refractivity contribution in [3.05, 3.63) is 47.2 Å². The molecule has 4 nitrogen and oxygen atoms in total. The first-order chi connectivity index (χ1) is 10.0. The van der Waals surface area contributed by atoms with Gasteiger partial charge in [0.2, 0.25) is 5.91 Å². The molecule has 0 aliphatic heterocycles. The zero-order chi connectivity index (χ0) is 15.4. The molecule has 1 atom stereocenters. The van der Waals surface area contributed by atoms with Gasteiger partial charge in [-0.1, -0.05) is 44.2 Å². The van der Waals surface area contributed by atoms with Crippen molar-refractivity contribution in [2.24, 2.45) is 7.05 Å². The molecule has 112 valence electrons. The van der Waals surface area contributed by atoms with E-state index in [9.17, 15) is 4.79 Å². The van der Waals surface area contributed by atoms with Gasteiger partial charge in [-0.2, -0.15) is 5.10 Å². The fourth-order valence-corrected chi connectivity index (χ4v) is 2.64. The molecule has 0 spiro atoms. The van der Waals surface area contributed by atoms with Crippen LogP contribution >= 0.6 is 0 Å². The Morgan fingerprint density at radius 1 is 1.33 bits per heavy atom. The van der Waals surface area contributed by atoms with E-state index in [-0.39, 0.29) is 11.8 Å². The van der Waals surface area contributed by atoms with Gasteiger partial charge in [0.1, 0.15) is 5.82 Å². The molecule has 0 bridgehead atoms. The fraction of sp³-hybridized carbons (Fsp3) is 0.412. The van der Waals surface area contributed by atoms with Crippen molar-refractivity contribution in [1.82, 2.24) is 9.78 Å². The van der Waals surface area contributed by atoms with Crippen LogP contribution in [-0.4, -0.2) is 15.7 Å². The lowest BCUT2D eigenvalue weighted by Gasteiger charge is -2.13. The van der Waals surface area contributed by atoms with Crippen LogP contribution in [0.2, 0.25) is 0 Å². The molecule has 0 saturated heterocycles. The smallest absolute Gasteiger partial charge is 0.226 e. The summed E-state index contributed by atoms with van der Waals surface area (Å²) in [4.78, 5) is 12.3. The number of benzene rings is 1. The zero-order valence-corrected chi connectivity index (χ0v) is 13.2. The summed E-state index contributed by atoms with van der Waals surface area (Å²) in [5.74, 6) is 1.05. The molecule has 1 heterocycles. The highest BCUT2D eigenvalue weighted by Gasteiger charge is 2.16. The lowest BCUT2D eigenvalue weighted by Crippen LogP contribution is -2.17. The van der Waals surface area contributed by atoms with E-state index in [1.807, 2.05) is 32.2 Å². The molecule has 0 fully saturated rings. The Hall–Kier alpha value is -2.10. The minimum absolute atomic E-state index is 0.0315. The van der Waals surface area contributed by atoms with Crippen molar-refractivity contribution in [1.29, 1.82) is 0 Å². The SMILES string of the molecule is CCc1c(C)nn(C)c1NC(=O)CC(C)c1ccccc1. The van der Waals surface area contributed by atoms with Crippen molar-refractivity contribution < 1.29 is 4.79 Å². The van der Waals surface area contributed by atoms with Crippen molar-refractivity contribution >= 4 is 11.7 Å². The van der Waals surface area contributed by atoms with Gasteiger partial charge in [0.05, 0.1) is 5.69 Å². The normalized spacial score (nSPS) is 12.2. The van der Waals surface area contributed by atoms with E-state index in [0.29, 0.717) is 6.42 Å². The molecule has 2 aromatic rings. The van der Waals surface area contributed by atoms with Gasteiger partial charge in [-0.25, -0.2) is 0 Å². The Morgan fingerprint density at radius 2 is 2.00 bits per heavy atom. The summed E-state index contributed by atoms with van der Waals surface area (Å²) in [5.41, 5.74) is 3.27. The number of hydrogen-bond acceptors (Lipinski definition) is 2. The van der Waals surface area contributed by atoms with Crippen LogP contribution in [0.5, 0.6) is 0 Å². The minimum Gasteiger partial charge on any atom is -0.311 e. The van der Waals surface area contributed by atoms with Crippen LogP contribution < -0.4 is 5.32 Å². The number of nitrogens with zero attached hydrogens (tertiary/aromatic N) is 2. The van der Waals surface area contributed by atoms with E-state index >= 15 is 0 Å².